The third kappa shape index (κ3) is 3.29. The number of hydrogen-bond donors (Lipinski definition) is 1. The van der Waals surface area contributed by atoms with E-state index in [4.69, 9.17) is 9.72 Å². The van der Waals surface area contributed by atoms with Gasteiger partial charge in [-0.05, 0) is 37.3 Å². The van der Waals surface area contributed by atoms with E-state index in [0.29, 0.717) is 25.3 Å². The molecule has 0 saturated carbocycles. The maximum atomic E-state index is 13.6. The van der Waals surface area contributed by atoms with Crippen molar-refractivity contribution < 1.29 is 9.53 Å². The van der Waals surface area contributed by atoms with Crippen molar-refractivity contribution in [3.8, 4) is 0 Å². The summed E-state index contributed by atoms with van der Waals surface area (Å²) >= 11 is 0. The first-order valence-electron chi connectivity index (χ1n) is 11.1. The molecule has 32 heavy (non-hydrogen) atoms. The number of nitrogens with zero attached hydrogens (tertiary/aromatic N) is 4. The van der Waals surface area contributed by atoms with Gasteiger partial charge in [-0.3, -0.25) is 9.78 Å². The number of anilines is 1. The molecule has 0 aliphatic carbocycles. The van der Waals surface area contributed by atoms with Crippen LogP contribution in [-0.2, 0) is 4.74 Å². The highest BCUT2D eigenvalue weighted by Gasteiger charge is 2.36. The van der Waals surface area contributed by atoms with E-state index in [0.717, 1.165) is 40.7 Å². The first-order valence-corrected chi connectivity index (χ1v) is 11.1. The topological polar surface area (TPSA) is 74.3 Å². The number of imidazole rings is 1. The number of carbonyl (C=O) groups is 1. The monoisotopic (exact) mass is 427 g/mol. The number of ether oxygens (including phenoxy) is 1. The lowest BCUT2D eigenvalue weighted by Crippen LogP contribution is -2.46. The minimum Gasteiger partial charge on any atom is -0.379 e. The van der Waals surface area contributed by atoms with Crippen LogP contribution in [0.25, 0.3) is 21.9 Å². The number of nitrogens with one attached hydrogen (secondary N) is 1. The van der Waals surface area contributed by atoms with Crippen LogP contribution in [0.1, 0.15) is 16.1 Å². The van der Waals surface area contributed by atoms with Gasteiger partial charge in [-0.15, -0.1) is 0 Å². The Morgan fingerprint density at radius 2 is 1.97 bits per heavy atom. The van der Waals surface area contributed by atoms with Crippen molar-refractivity contribution in [2.45, 2.75) is 13.0 Å². The fourth-order valence-corrected chi connectivity index (χ4v) is 5.07. The Balaban J connectivity index is 1.35. The Labute approximate surface area is 186 Å². The van der Waals surface area contributed by atoms with Crippen molar-refractivity contribution >= 4 is 33.5 Å². The number of hydrogen-bond acceptors (Lipinski definition) is 5. The van der Waals surface area contributed by atoms with Crippen molar-refractivity contribution in [3.05, 3.63) is 66.1 Å². The van der Waals surface area contributed by atoms with Crippen LogP contribution < -0.4 is 4.90 Å². The normalized spacial score (nSPS) is 21.2. The Bertz CT molecular complexity index is 1320. The smallest absolute Gasteiger partial charge is 0.254 e. The van der Waals surface area contributed by atoms with Crippen LogP contribution in [0, 0.1) is 12.8 Å². The Morgan fingerprint density at radius 3 is 2.91 bits per heavy atom. The number of carbonyl (C=O) groups excluding carboxylic acids is 1. The van der Waals surface area contributed by atoms with Gasteiger partial charge in [0.15, 0.2) is 0 Å². The van der Waals surface area contributed by atoms with Gasteiger partial charge >= 0.3 is 0 Å². The maximum Gasteiger partial charge on any atom is 0.254 e. The van der Waals surface area contributed by atoms with E-state index in [9.17, 15) is 4.79 Å². The minimum atomic E-state index is -0.0142. The summed E-state index contributed by atoms with van der Waals surface area (Å²) in [5, 5.41) is 1.15. The molecule has 0 unspecified atom stereocenters. The van der Waals surface area contributed by atoms with E-state index in [1.54, 1.807) is 6.33 Å². The zero-order valence-electron chi connectivity index (χ0n) is 18.0. The lowest BCUT2D eigenvalue weighted by molar-refractivity contribution is 0.0612. The summed E-state index contributed by atoms with van der Waals surface area (Å²) in [4.78, 5) is 30.1. The fraction of sp³-hybridized carbons (Fsp3) is 0.320. The lowest BCUT2D eigenvalue weighted by Gasteiger charge is -2.33. The Kier molecular flexibility index (Phi) is 4.57. The highest BCUT2D eigenvalue weighted by atomic mass is 16.5. The molecule has 1 amide bonds. The van der Waals surface area contributed by atoms with Gasteiger partial charge in [-0.25, -0.2) is 4.98 Å². The molecular formula is C25H25N5O2. The van der Waals surface area contributed by atoms with Gasteiger partial charge in [0.1, 0.15) is 0 Å². The second kappa shape index (κ2) is 7.60. The quantitative estimate of drug-likeness (QED) is 0.531. The van der Waals surface area contributed by atoms with Gasteiger partial charge in [-0.2, -0.15) is 0 Å². The first-order chi connectivity index (χ1) is 15.7. The number of rotatable bonds is 2. The van der Waals surface area contributed by atoms with E-state index in [2.05, 4.69) is 39.1 Å². The zero-order valence-corrected chi connectivity index (χ0v) is 18.0. The van der Waals surface area contributed by atoms with Gasteiger partial charge < -0.3 is 19.5 Å². The summed E-state index contributed by atoms with van der Waals surface area (Å²) in [5.41, 5.74) is 5.64. The molecule has 2 atom stereocenters. The van der Waals surface area contributed by atoms with Crippen molar-refractivity contribution in [1.82, 2.24) is 19.9 Å². The average Bonchev–Trinajstić information content (AvgIpc) is 3.07. The number of amides is 1. The molecule has 2 aliphatic heterocycles. The second-order valence-corrected chi connectivity index (χ2v) is 8.85. The van der Waals surface area contributed by atoms with Crippen LogP contribution in [0.15, 0.2) is 54.9 Å². The summed E-state index contributed by atoms with van der Waals surface area (Å²) in [6.07, 6.45) is 1.66. The zero-order chi connectivity index (χ0) is 21.7. The third-order valence-corrected chi connectivity index (χ3v) is 6.56. The first kappa shape index (κ1) is 19.3. The average molecular weight is 428 g/mol. The molecular weight excluding hydrogens is 402 g/mol. The molecule has 0 radical (unpaired) electrons. The van der Waals surface area contributed by atoms with Gasteiger partial charge in [-0.1, -0.05) is 18.2 Å². The molecule has 162 valence electrons. The molecule has 2 aromatic heterocycles. The van der Waals surface area contributed by atoms with E-state index in [1.807, 2.05) is 36.1 Å². The second-order valence-electron chi connectivity index (χ2n) is 8.85. The molecule has 1 N–H and O–H groups in total. The molecule has 7 heteroatoms. The Hall–Kier alpha value is -3.45. The number of aromatic amines is 1. The highest BCUT2D eigenvalue weighted by molar-refractivity contribution is 5.98. The number of para-hydroxylation sites is 1. The summed E-state index contributed by atoms with van der Waals surface area (Å²) < 4.78 is 5.98. The van der Waals surface area contributed by atoms with E-state index in [-0.39, 0.29) is 17.9 Å². The van der Waals surface area contributed by atoms with Crippen LogP contribution in [-0.4, -0.2) is 64.6 Å². The fourth-order valence-electron chi connectivity index (χ4n) is 5.07. The van der Waals surface area contributed by atoms with Crippen molar-refractivity contribution in [2.75, 3.05) is 37.7 Å². The van der Waals surface area contributed by atoms with Crippen LogP contribution in [0.2, 0.25) is 0 Å². The summed E-state index contributed by atoms with van der Waals surface area (Å²) in [6.45, 7) is 5.54. The van der Waals surface area contributed by atoms with Gasteiger partial charge in [0.05, 0.1) is 42.1 Å². The van der Waals surface area contributed by atoms with Crippen LogP contribution in [0.4, 0.5) is 5.69 Å². The van der Waals surface area contributed by atoms with Gasteiger partial charge in [0, 0.05) is 47.9 Å². The maximum absolute atomic E-state index is 13.6. The predicted octanol–water partition coefficient (Wildman–Crippen LogP) is 3.40. The number of aromatic nitrogens is 3. The standard InChI is InChI=1S/C25H25N5O2/c1-16-8-24(20-4-2-3-5-21(20)28-16)29-10-17-11-30(19(12-29)14-32-13-17)25(31)18-6-7-22-23(9-18)27-15-26-22/h2-9,15,17,19H,10-14H2,1H3,(H,26,27)/t17-,19-/m0/s1. The van der Waals surface area contributed by atoms with E-state index >= 15 is 0 Å². The molecule has 2 aliphatic rings. The predicted molar refractivity (Wildman–Crippen MR) is 124 cm³/mol. The van der Waals surface area contributed by atoms with Crippen molar-refractivity contribution in [1.29, 1.82) is 0 Å². The van der Waals surface area contributed by atoms with Gasteiger partial charge in [0.2, 0.25) is 0 Å². The van der Waals surface area contributed by atoms with Crippen molar-refractivity contribution in [3.63, 3.8) is 0 Å². The number of benzene rings is 2. The molecule has 2 aromatic carbocycles. The summed E-state index contributed by atoms with van der Waals surface area (Å²) in [7, 11) is 0. The van der Waals surface area contributed by atoms with E-state index < -0.39 is 0 Å². The van der Waals surface area contributed by atoms with Crippen molar-refractivity contribution in [2.24, 2.45) is 5.92 Å². The molecule has 2 fully saturated rings. The third-order valence-electron chi connectivity index (χ3n) is 6.56. The molecule has 2 bridgehead atoms. The number of H-pyrrole nitrogens is 1. The molecule has 4 heterocycles. The minimum absolute atomic E-state index is 0.0142. The summed E-state index contributed by atoms with van der Waals surface area (Å²) in [6, 6.07) is 16.1. The molecule has 7 nitrogen and oxygen atoms in total. The van der Waals surface area contributed by atoms with Crippen LogP contribution in [0.3, 0.4) is 0 Å². The molecule has 2 saturated heterocycles. The van der Waals surface area contributed by atoms with Gasteiger partial charge in [0.25, 0.3) is 5.91 Å². The van der Waals surface area contributed by atoms with Crippen LogP contribution >= 0.6 is 0 Å². The number of fused-ring (bicyclic) bond motifs is 5. The molecule has 4 aromatic rings. The lowest BCUT2D eigenvalue weighted by atomic mass is 10.1. The SMILES string of the molecule is Cc1cc(N2C[C@@H]3COC[C@H](C2)N(C(=O)c2ccc4nc[nH]c4c2)C3)c2ccccc2n1. The number of pyridine rings is 1. The molecule has 6 rings (SSSR count). The van der Waals surface area contributed by atoms with E-state index in [1.165, 1.54) is 5.69 Å². The van der Waals surface area contributed by atoms with Crippen LogP contribution in [0.5, 0.6) is 0 Å². The number of aryl methyl sites for hydroxylation is 1. The Morgan fingerprint density at radius 1 is 1.06 bits per heavy atom. The summed E-state index contributed by atoms with van der Waals surface area (Å²) in [5.74, 6) is 0.300. The highest BCUT2D eigenvalue weighted by Crippen LogP contribution is 2.31. The largest absolute Gasteiger partial charge is 0.379 e. The molecule has 0 spiro atoms.